The minimum absolute atomic E-state index is 0.0532. The highest BCUT2D eigenvalue weighted by molar-refractivity contribution is 5.89. The predicted octanol–water partition coefficient (Wildman–Crippen LogP) is 2.86. The van der Waals surface area contributed by atoms with Gasteiger partial charge >= 0.3 is 5.97 Å². The number of ether oxygens (including phenoxy) is 2. The third kappa shape index (κ3) is 4.24. The van der Waals surface area contributed by atoms with E-state index in [0.29, 0.717) is 24.5 Å². The highest BCUT2D eigenvalue weighted by Crippen LogP contribution is 2.35. The van der Waals surface area contributed by atoms with Crippen LogP contribution in [0.5, 0.6) is 0 Å². The highest BCUT2D eigenvalue weighted by atomic mass is 19.1. The van der Waals surface area contributed by atoms with E-state index in [9.17, 15) is 23.5 Å². The Morgan fingerprint density at radius 2 is 1.84 bits per heavy atom. The Bertz CT molecular complexity index is 992. The molecule has 164 valence electrons. The second-order valence-electron chi connectivity index (χ2n) is 7.70. The number of carboxylic acid groups (broad SMARTS) is 1. The molecule has 7 nitrogen and oxygen atoms in total. The zero-order valence-electron chi connectivity index (χ0n) is 16.8. The molecule has 2 fully saturated rings. The van der Waals surface area contributed by atoms with Crippen LogP contribution in [0.1, 0.15) is 13.3 Å². The van der Waals surface area contributed by atoms with Gasteiger partial charge in [0.25, 0.3) is 0 Å². The number of benzene rings is 2. The summed E-state index contributed by atoms with van der Waals surface area (Å²) in [7, 11) is 0. The summed E-state index contributed by atoms with van der Waals surface area (Å²) >= 11 is 0. The molecule has 0 bridgehead atoms. The molecule has 0 aromatic heterocycles. The fraction of sp³-hybridized carbons (Fsp3) is 0.364. The zero-order chi connectivity index (χ0) is 22.2. The molecule has 2 saturated heterocycles. The lowest BCUT2D eigenvalue weighted by Crippen LogP contribution is -2.47. The second kappa shape index (κ2) is 8.24. The molecule has 2 heterocycles. The first-order valence-corrected chi connectivity index (χ1v) is 9.91. The van der Waals surface area contributed by atoms with E-state index in [4.69, 9.17) is 9.47 Å². The number of amides is 1. The number of nitrogens with zero attached hydrogens (tertiary/aromatic N) is 1. The number of anilines is 1. The normalized spacial score (nSPS) is 20.7. The fourth-order valence-electron chi connectivity index (χ4n) is 4.03. The van der Waals surface area contributed by atoms with Crippen molar-refractivity contribution in [3.05, 3.63) is 54.1 Å². The summed E-state index contributed by atoms with van der Waals surface area (Å²) in [6, 6.07) is 8.28. The molecule has 1 spiro atoms. The van der Waals surface area contributed by atoms with Gasteiger partial charge in [-0.05, 0) is 36.8 Å². The molecule has 0 saturated carbocycles. The van der Waals surface area contributed by atoms with Crippen LogP contribution in [0.2, 0.25) is 0 Å². The van der Waals surface area contributed by atoms with Crippen LogP contribution in [0, 0.1) is 11.6 Å². The van der Waals surface area contributed by atoms with Crippen molar-refractivity contribution in [3.8, 4) is 11.1 Å². The molecule has 0 aliphatic carbocycles. The topological polar surface area (TPSA) is 88.1 Å². The minimum Gasteiger partial charge on any atom is -0.480 e. The number of hydrogen-bond acceptors (Lipinski definition) is 5. The number of carbonyl (C=O) groups is 2. The van der Waals surface area contributed by atoms with E-state index >= 15 is 0 Å². The maximum atomic E-state index is 14.0. The SMILES string of the molecule is CC(Nc1ccc(-c2ccc(F)cc2F)cc1)C(=O)N1CC2(CC1C(=O)O)OCCO2. The maximum absolute atomic E-state index is 14.0. The van der Waals surface area contributed by atoms with Gasteiger partial charge in [-0.25, -0.2) is 13.6 Å². The van der Waals surface area contributed by atoms with E-state index in [1.807, 2.05) is 0 Å². The smallest absolute Gasteiger partial charge is 0.326 e. The number of rotatable bonds is 5. The number of nitrogens with one attached hydrogen (secondary N) is 1. The van der Waals surface area contributed by atoms with Gasteiger partial charge in [-0.3, -0.25) is 4.79 Å². The van der Waals surface area contributed by atoms with Crippen molar-refractivity contribution in [2.75, 3.05) is 25.1 Å². The molecule has 9 heteroatoms. The van der Waals surface area contributed by atoms with E-state index in [0.717, 1.165) is 6.07 Å². The fourth-order valence-corrected chi connectivity index (χ4v) is 4.03. The number of carbonyl (C=O) groups excluding carboxylic acids is 1. The van der Waals surface area contributed by atoms with Crippen LogP contribution >= 0.6 is 0 Å². The second-order valence-corrected chi connectivity index (χ2v) is 7.70. The zero-order valence-corrected chi connectivity index (χ0v) is 16.8. The Balaban J connectivity index is 1.45. The van der Waals surface area contributed by atoms with Gasteiger partial charge in [-0.15, -0.1) is 0 Å². The summed E-state index contributed by atoms with van der Waals surface area (Å²) in [5.41, 5.74) is 1.42. The Morgan fingerprint density at radius 3 is 2.45 bits per heavy atom. The van der Waals surface area contributed by atoms with Gasteiger partial charge in [0.15, 0.2) is 5.79 Å². The van der Waals surface area contributed by atoms with Crippen LogP contribution < -0.4 is 5.32 Å². The first-order chi connectivity index (χ1) is 14.8. The van der Waals surface area contributed by atoms with Gasteiger partial charge in [0.2, 0.25) is 5.91 Å². The molecule has 2 atom stereocenters. The highest BCUT2D eigenvalue weighted by Gasteiger charge is 2.53. The molecule has 1 amide bonds. The molecule has 31 heavy (non-hydrogen) atoms. The number of carboxylic acids is 1. The average Bonchev–Trinajstić information content (AvgIpc) is 3.35. The molecule has 2 aliphatic heterocycles. The largest absolute Gasteiger partial charge is 0.480 e. The lowest BCUT2D eigenvalue weighted by atomic mass is 10.0. The Labute approximate surface area is 177 Å². The summed E-state index contributed by atoms with van der Waals surface area (Å²) in [5.74, 6) is -3.87. The minimum atomic E-state index is -1.11. The van der Waals surface area contributed by atoms with E-state index in [-0.39, 0.29) is 18.5 Å². The van der Waals surface area contributed by atoms with Crippen LogP contribution in [0.3, 0.4) is 0 Å². The lowest BCUT2D eigenvalue weighted by Gasteiger charge is -2.26. The number of hydrogen-bond donors (Lipinski definition) is 2. The van der Waals surface area contributed by atoms with E-state index in [1.165, 1.54) is 17.0 Å². The molecule has 2 aliphatic rings. The molecule has 2 aromatic carbocycles. The van der Waals surface area contributed by atoms with Crippen molar-refractivity contribution < 1.29 is 33.0 Å². The Kier molecular flexibility index (Phi) is 5.63. The quantitative estimate of drug-likeness (QED) is 0.756. The van der Waals surface area contributed by atoms with Crippen molar-refractivity contribution in [2.45, 2.75) is 31.2 Å². The van der Waals surface area contributed by atoms with Gasteiger partial charge in [-0.2, -0.15) is 0 Å². The molecule has 0 radical (unpaired) electrons. The Hall–Kier alpha value is -3.04. The summed E-state index contributed by atoms with van der Waals surface area (Å²) in [6.07, 6.45) is 0.0821. The van der Waals surface area contributed by atoms with Crippen molar-refractivity contribution in [2.24, 2.45) is 0 Å². The monoisotopic (exact) mass is 432 g/mol. The predicted molar refractivity (Wildman–Crippen MR) is 107 cm³/mol. The van der Waals surface area contributed by atoms with Crippen molar-refractivity contribution >= 4 is 17.6 Å². The van der Waals surface area contributed by atoms with Crippen molar-refractivity contribution in [3.63, 3.8) is 0 Å². The summed E-state index contributed by atoms with van der Waals surface area (Å²) in [5, 5.41) is 12.6. The standard InChI is InChI=1S/C22H22F2N2O5/c1-13(20(27)26-12-22(30-8-9-31-22)11-19(26)21(28)29)25-16-5-2-14(3-6-16)17-7-4-15(23)10-18(17)24/h2-7,10,13,19,25H,8-9,11-12H2,1H3,(H,28,29). The van der Waals surface area contributed by atoms with Crippen molar-refractivity contribution in [1.82, 2.24) is 4.90 Å². The first kappa shape index (κ1) is 21.2. The van der Waals surface area contributed by atoms with E-state index in [1.54, 1.807) is 31.2 Å². The Morgan fingerprint density at radius 1 is 1.16 bits per heavy atom. The van der Waals surface area contributed by atoms with Crippen LogP contribution in [0.15, 0.2) is 42.5 Å². The molecule has 2 aromatic rings. The van der Waals surface area contributed by atoms with Crippen molar-refractivity contribution in [1.29, 1.82) is 0 Å². The van der Waals surface area contributed by atoms with Crippen LogP contribution in [0.25, 0.3) is 11.1 Å². The third-order valence-corrected chi connectivity index (χ3v) is 5.55. The number of halogens is 2. The first-order valence-electron chi connectivity index (χ1n) is 9.91. The summed E-state index contributed by atoms with van der Waals surface area (Å²) in [4.78, 5) is 25.9. The number of aliphatic carboxylic acids is 1. The maximum Gasteiger partial charge on any atom is 0.326 e. The molecule has 4 rings (SSSR count). The van der Waals surface area contributed by atoms with Crippen LogP contribution in [-0.2, 0) is 19.1 Å². The van der Waals surface area contributed by atoms with Crippen LogP contribution in [0.4, 0.5) is 14.5 Å². The van der Waals surface area contributed by atoms with Gasteiger partial charge in [0.1, 0.15) is 23.7 Å². The summed E-state index contributed by atoms with van der Waals surface area (Å²) < 4.78 is 38.2. The van der Waals surface area contributed by atoms with Gasteiger partial charge in [0, 0.05) is 23.7 Å². The molecule has 2 unspecified atom stereocenters. The average molecular weight is 432 g/mol. The van der Waals surface area contributed by atoms with E-state index in [2.05, 4.69) is 5.32 Å². The molecular weight excluding hydrogens is 410 g/mol. The van der Waals surface area contributed by atoms with Crippen LogP contribution in [-0.4, -0.2) is 59.5 Å². The van der Waals surface area contributed by atoms with Gasteiger partial charge < -0.3 is 24.8 Å². The lowest BCUT2D eigenvalue weighted by molar-refractivity contribution is -0.152. The third-order valence-electron chi connectivity index (χ3n) is 5.55. The van der Waals surface area contributed by atoms with Gasteiger partial charge in [0.05, 0.1) is 19.8 Å². The van der Waals surface area contributed by atoms with Gasteiger partial charge in [-0.1, -0.05) is 12.1 Å². The molecule has 2 N–H and O–H groups in total. The number of likely N-dealkylation sites (tertiary alicyclic amines) is 1. The van der Waals surface area contributed by atoms with E-state index < -0.39 is 41.4 Å². The molecular formula is C22H22F2N2O5. The summed E-state index contributed by atoms with van der Waals surface area (Å²) in [6.45, 7) is 2.42.